The van der Waals surface area contributed by atoms with E-state index in [0.29, 0.717) is 10.9 Å². The third-order valence-electron chi connectivity index (χ3n) is 3.46. The molecule has 0 saturated carbocycles. The Morgan fingerprint density at radius 2 is 2.10 bits per heavy atom. The predicted molar refractivity (Wildman–Crippen MR) is 79.3 cm³/mol. The molecule has 0 N–H and O–H groups in total. The SMILES string of the molecule is Clc1ccc(N2CCC(COc3ccncc3)C2)nc1. The number of ether oxygens (including phenoxy) is 1. The monoisotopic (exact) mass is 289 g/mol. The Bertz CT molecular complexity index is 547. The van der Waals surface area contributed by atoms with E-state index in [-0.39, 0.29) is 0 Å². The lowest BCUT2D eigenvalue weighted by Gasteiger charge is -2.17. The van der Waals surface area contributed by atoms with Crippen molar-refractivity contribution in [2.45, 2.75) is 6.42 Å². The van der Waals surface area contributed by atoms with Gasteiger partial charge in [-0.25, -0.2) is 4.98 Å². The van der Waals surface area contributed by atoms with Crippen molar-refractivity contribution in [3.05, 3.63) is 47.9 Å². The van der Waals surface area contributed by atoms with Crippen molar-refractivity contribution in [2.24, 2.45) is 5.92 Å². The highest BCUT2D eigenvalue weighted by Crippen LogP contribution is 2.23. The van der Waals surface area contributed by atoms with Crippen LogP contribution in [0.3, 0.4) is 0 Å². The van der Waals surface area contributed by atoms with Crippen molar-refractivity contribution < 1.29 is 4.74 Å². The van der Waals surface area contributed by atoms with Gasteiger partial charge in [0.1, 0.15) is 11.6 Å². The molecule has 5 heteroatoms. The zero-order valence-corrected chi connectivity index (χ0v) is 11.8. The van der Waals surface area contributed by atoms with Gasteiger partial charge in [-0.2, -0.15) is 0 Å². The van der Waals surface area contributed by atoms with Crippen molar-refractivity contribution in [3.8, 4) is 5.75 Å². The molecule has 2 aromatic rings. The average Bonchev–Trinajstić information content (AvgIpc) is 2.96. The molecule has 104 valence electrons. The third-order valence-corrected chi connectivity index (χ3v) is 3.68. The number of rotatable bonds is 4. The van der Waals surface area contributed by atoms with E-state index in [9.17, 15) is 0 Å². The fourth-order valence-corrected chi connectivity index (χ4v) is 2.49. The van der Waals surface area contributed by atoms with Crippen molar-refractivity contribution in [2.75, 3.05) is 24.6 Å². The van der Waals surface area contributed by atoms with Crippen LogP contribution in [0.15, 0.2) is 42.9 Å². The molecule has 1 aliphatic rings. The van der Waals surface area contributed by atoms with Crippen molar-refractivity contribution in [1.82, 2.24) is 9.97 Å². The summed E-state index contributed by atoms with van der Waals surface area (Å²) in [5, 5.41) is 0.672. The minimum Gasteiger partial charge on any atom is -0.493 e. The molecule has 1 unspecified atom stereocenters. The first-order valence-electron chi connectivity index (χ1n) is 6.70. The van der Waals surface area contributed by atoms with Crippen molar-refractivity contribution in [3.63, 3.8) is 0 Å². The quantitative estimate of drug-likeness (QED) is 0.867. The first-order chi connectivity index (χ1) is 9.81. The van der Waals surface area contributed by atoms with E-state index in [4.69, 9.17) is 16.3 Å². The largest absolute Gasteiger partial charge is 0.493 e. The normalized spacial score (nSPS) is 18.2. The van der Waals surface area contributed by atoms with Crippen LogP contribution < -0.4 is 9.64 Å². The Labute approximate surface area is 123 Å². The number of pyridine rings is 2. The maximum atomic E-state index is 5.86. The Balaban J connectivity index is 1.53. The van der Waals surface area contributed by atoms with Gasteiger partial charge < -0.3 is 9.64 Å². The van der Waals surface area contributed by atoms with Gasteiger partial charge in [0.2, 0.25) is 0 Å². The van der Waals surface area contributed by atoms with Crippen LogP contribution in [0.1, 0.15) is 6.42 Å². The molecule has 0 radical (unpaired) electrons. The fourth-order valence-electron chi connectivity index (χ4n) is 2.38. The summed E-state index contributed by atoms with van der Waals surface area (Å²) in [6.07, 6.45) is 6.30. The maximum Gasteiger partial charge on any atom is 0.128 e. The van der Waals surface area contributed by atoms with Crippen LogP contribution in [0, 0.1) is 5.92 Å². The first-order valence-corrected chi connectivity index (χ1v) is 7.08. The summed E-state index contributed by atoms with van der Waals surface area (Å²) in [6, 6.07) is 7.61. The maximum absolute atomic E-state index is 5.86. The van der Waals surface area contributed by atoms with E-state index in [0.717, 1.165) is 37.7 Å². The highest BCUT2D eigenvalue weighted by atomic mass is 35.5. The van der Waals surface area contributed by atoms with Crippen LogP contribution in [-0.2, 0) is 0 Å². The van der Waals surface area contributed by atoms with Crippen LogP contribution in [0.4, 0.5) is 5.82 Å². The Hall–Kier alpha value is -1.81. The van der Waals surface area contributed by atoms with Gasteiger partial charge in [0.15, 0.2) is 0 Å². The number of nitrogens with zero attached hydrogens (tertiary/aromatic N) is 3. The van der Waals surface area contributed by atoms with E-state index in [2.05, 4.69) is 14.9 Å². The van der Waals surface area contributed by atoms with Gasteiger partial charge in [-0.3, -0.25) is 4.98 Å². The predicted octanol–water partition coefficient (Wildman–Crippen LogP) is 3.04. The molecule has 1 aliphatic heterocycles. The van der Waals surface area contributed by atoms with Gasteiger partial charge in [0, 0.05) is 37.6 Å². The second kappa shape index (κ2) is 6.09. The highest BCUT2D eigenvalue weighted by molar-refractivity contribution is 6.30. The molecule has 4 nitrogen and oxygen atoms in total. The molecule has 1 atom stereocenters. The zero-order chi connectivity index (χ0) is 13.8. The van der Waals surface area contributed by atoms with E-state index in [1.807, 2.05) is 24.3 Å². The Morgan fingerprint density at radius 1 is 1.25 bits per heavy atom. The molecule has 0 aliphatic carbocycles. The fraction of sp³-hybridized carbons (Fsp3) is 0.333. The van der Waals surface area contributed by atoms with Crippen molar-refractivity contribution in [1.29, 1.82) is 0 Å². The minimum absolute atomic E-state index is 0.528. The second-order valence-corrected chi connectivity index (χ2v) is 5.37. The number of halogens is 1. The molecular formula is C15H16ClN3O. The number of hydrogen-bond donors (Lipinski definition) is 0. The summed E-state index contributed by atoms with van der Waals surface area (Å²) < 4.78 is 5.79. The summed E-state index contributed by atoms with van der Waals surface area (Å²) in [7, 11) is 0. The van der Waals surface area contributed by atoms with Crippen molar-refractivity contribution >= 4 is 17.4 Å². The molecule has 0 aromatic carbocycles. The summed E-state index contributed by atoms with van der Waals surface area (Å²) in [6.45, 7) is 2.72. The molecule has 2 aromatic heterocycles. The summed E-state index contributed by atoms with van der Waals surface area (Å²) >= 11 is 5.86. The summed E-state index contributed by atoms with van der Waals surface area (Å²) in [4.78, 5) is 10.6. The minimum atomic E-state index is 0.528. The topological polar surface area (TPSA) is 38.2 Å². The lowest BCUT2D eigenvalue weighted by atomic mass is 10.1. The third kappa shape index (κ3) is 3.20. The van der Waals surface area contributed by atoms with E-state index >= 15 is 0 Å². The highest BCUT2D eigenvalue weighted by Gasteiger charge is 2.23. The summed E-state index contributed by atoms with van der Waals surface area (Å²) in [5.41, 5.74) is 0. The number of hydrogen-bond acceptors (Lipinski definition) is 4. The lowest BCUT2D eigenvalue weighted by Crippen LogP contribution is -2.22. The molecule has 0 spiro atoms. The molecule has 1 fully saturated rings. The Morgan fingerprint density at radius 3 is 2.85 bits per heavy atom. The van der Waals surface area contributed by atoms with Gasteiger partial charge in [0.25, 0.3) is 0 Å². The number of anilines is 1. The standard InChI is InChI=1S/C15H16ClN3O/c16-13-1-2-15(18-9-13)19-8-5-12(10-19)11-20-14-3-6-17-7-4-14/h1-4,6-7,9,12H,5,8,10-11H2. The molecular weight excluding hydrogens is 274 g/mol. The molecule has 3 heterocycles. The van der Waals surface area contributed by atoms with E-state index in [1.54, 1.807) is 18.6 Å². The molecule has 20 heavy (non-hydrogen) atoms. The Kier molecular flexibility index (Phi) is 4.02. The van der Waals surface area contributed by atoms with Gasteiger partial charge in [-0.1, -0.05) is 11.6 Å². The average molecular weight is 290 g/mol. The van der Waals surface area contributed by atoms with E-state index < -0.39 is 0 Å². The molecule has 0 amide bonds. The van der Waals surface area contributed by atoms with Gasteiger partial charge >= 0.3 is 0 Å². The van der Waals surface area contributed by atoms with Gasteiger partial charge in [0.05, 0.1) is 11.6 Å². The van der Waals surface area contributed by atoms with Gasteiger partial charge in [-0.15, -0.1) is 0 Å². The molecule has 0 bridgehead atoms. The van der Waals surface area contributed by atoms with Gasteiger partial charge in [-0.05, 0) is 30.7 Å². The van der Waals surface area contributed by atoms with Crippen LogP contribution >= 0.6 is 11.6 Å². The zero-order valence-electron chi connectivity index (χ0n) is 11.1. The summed E-state index contributed by atoms with van der Waals surface area (Å²) in [5.74, 6) is 2.39. The number of aromatic nitrogens is 2. The molecule has 3 rings (SSSR count). The second-order valence-electron chi connectivity index (χ2n) is 4.93. The van der Waals surface area contributed by atoms with Crippen LogP contribution in [0.5, 0.6) is 5.75 Å². The molecule has 1 saturated heterocycles. The van der Waals surface area contributed by atoms with Crippen LogP contribution in [-0.4, -0.2) is 29.7 Å². The first kappa shape index (κ1) is 13.2. The van der Waals surface area contributed by atoms with Crippen LogP contribution in [0.2, 0.25) is 5.02 Å². The smallest absolute Gasteiger partial charge is 0.128 e. The van der Waals surface area contributed by atoms with E-state index in [1.165, 1.54) is 0 Å². The van der Waals surface area contributed by atoms with Crippen LogP contribution in [0.25, 0.3) is 0 Å². The lowest BCUT2D eigenvalue weighted by molar-refractivity contribution is 0.261.